The molecule has 22 heavy (non-hydrogen) atoms. The predicted octanol–water partition coefficient (Wildman–Crippen LogP) is 1.86. The van der Waals surface area contributed by atoms with Crippen molar-refractivity contribution in [2.75, 3.05) is 37.6 Å². The van der Waals surface area contributed by atoms with Gasteiger partial charge in [-0.3, -0.25) is 4.68 Å². The molecule has 3 rings (SSSR count). The van der Waals surface area contributed by atoms with Crippen LogP contribution in [0.1, 0.15) is 32.3 Å². The Labute approximate surface area is 132 Å². The van der Waals surface area contributed by atoms with Gasteiger partial charge in [-0.25, -0.2) is 9.97 Å². The first kappa shape index (κ1) is 15.2. The average molecular weight is 302 g/mol. The number of rotatable bonds is 4. The van der Waals surface area contributed by atoms with E-state index in [9.17, 15) is 0 Å². The van der Waals surface area contributed by atoms with Crippen LogP contribution in [0.2, 0.25) is 0 Å². The standard InChI is InChI=1S/C16H26N6/c1-5-13-17-14-12(4)19-22(7-3)15(14)16(18-13)21-10-8-20(6-2)9-11-21/h5-11H2,1-4H3. The Morgan fingerprint density at radius 2 is 1.68 bits per heavy atom. The number of piperazine rings is 1. The Bertz CT molecular complexity index is 654. The number of nitrogens with zero attached hydrogens (tertiary/aromatic N) is 6. The second-order valence-corrected chi connectivity index (χ2v) is 5.84. The predicted molar refractivity (Wildman–Crippen MR) is 89.4 cm³/mol. The SMILES string of the molecule is CCc1nc(N2CCN(CC)CC2)c2c(n1)c(C)nn2CC. The Morgan fingerprint density at radius 1 is 0.955 bits per heavy atom. The van der Waals surface area contributed by atoms with Crippen molar-refractivity contribution in [1.82, 2.24) is 24.6 Å². The summed E-state index contributed by atoms with van der Waals surface area (Å²) in [5.41, 5.74) is 3.12. The largest absolute Gasteiger partial charge is 0.352 e. The molecule has 0 saturated carbocycles. The first-order valence-corrected chi connectivity index (χ1v) is 8.39. The summed E-state index contributed by atoms with van der Waals surface area (Å²) in [5, 5.41) is 4.65. The van der Waals surface area contributed by atoms with Gasteiger partial charge in [-0.2, -0.15) is 5.10 Å². The third kappa shape index (κ3) is 2.56. The maximum Gasteiger partial charge on any atom is 0.158 e. The van der Waals surface area contributed by atoms with E-state index in [0.29, 0.717) is 0 Å². The van der Waals surface area contributed by atoms with Crippen LogP contribution in [0.5, 0.6) is 0 Å². The zero-order chi connectivity index (χ0) is 15.7. The highest BCUT2D eigenvalue weighted by Crippen LogP contribution is 2.27. The molecule has 0 N–H and O–H groups in total. The molecule has 1 aliphatic heterocycles. The van der Waals surface area contributed by atoms with E-state index < -0.39 is 0 Å². The van der Waals surface area contributed by atoms with E-state index in [1.165, 1.54) is 0 Å². The monoisotopic (exact) mass is 302 g/mol. The molecule has 1 saturated heterocycles. The lowest BCUT2D eigenvalue weighted by Gasteiger charge is -2.35. The molecular formula is C16H26N6. The van der Waals surface area contributed by atoms with E-state index in [-0.39, 0.29) is 0 Å². The van der Waals surface area contributed by atoms with Crippen molar-refractivity contribution in [3.8, 4) is 0 Å². The summed E-state index contributed by atoms with van der Waals surface area (Å²) in [6.07, 6.45) is 0.856. The fourth-order valence-electron chi connectivity index (χ4n) is 3.14. The summed E-state index contributed by atoms with van der Waals surface area (Å²) >= 11 is 0. The minimum absolute atomic E-state index is 0.848. The van der Waals surface area contributed by atoms with Crippen LogP contribution >= 0.6 is 0 Å². The number of anilines is 1. The molecule has 6 nitrogen and oxygen atoms in total. The lowest BCUT2D eigenvalue weighted by atomic mass is 10.2. The molecule has 0 aromatic carbocycles. The number of hydrogen-bond acceptors (Lipinski definition) is 5. The molecule has 120 valence electrons. The highest BCUT2D eigenvalue weighted by atomic mass is 15.3. The van der Waals surface area contributed by atoms with Gasteiger partial charge >= 0.3 is 0 Å². The minimum Gasteiger partial charge on any atom is -0.352 e. The van der Waals surface area contributed by atoms with E-state index in [1.54, 1.807) is 0 Å². The van der Waals surface area contributed by atoms with Crippen LogP contribution in [0.25, 0.3) is 11.0 Å². The van der Waals surface area contributed by atoms with E-state index in [0.717, 1.165) is 74.1 Å². The number of likely N-dealkylation sites (N-methyl/N-ethyl adjacent to an activating group) is 1. The van der Waals surface area contributed by atoms with E-state index >= 15 is 0 Å². The summed E-state index contributed by atoms with van der Waals surface area (Å²) in [6.45, 7) is 14.7. The first-order chi connectivity index (χ1) is 10.7. The molecule has 0 aliphatic carbocycles. The molecule has 2 aromatic heterocycles. The summed E-state index contributed by atoms with van der Waals surface area (Å²) < 4.78 is 2.05. The third-order valence-corrected chi connectivity index (χ3v) is 4.52. The molecule has 0 radical (unpaired) electrons. The number of aryl methyl sites for hydroxylation is 3. The van der Waals surface area contributed by atoms with Gasteiger partial charge in [0.05, 0.1) is 5.69 Å². The Hall–Kier alpha value is -1.69. The Kier molecular flexibility index (Phi) is 4.29. The highest BCUT2D eigenvalue weighted by molar-refractivity contribution is 5.88. The topological polar surface area (TPSA) is 50.1 Å². The normalized spacial score (nSPS) is 16.6. The van der Waals surface area contributed by atoms with Crippen LogP contribution in [0, 0.1) is 6.92 Å². The molecular weight excluding hydrogens is 276 g/mol. The van der Waals surface area contributed by atoms with Gasteiger partial charge in [0.2, 0.25) is 0 Å². The quantitative estimate of drug-likeness (QED) is 0.863. The molecule has 0 spiro atoms. The van der Waals surface area contributed by atoms with Gasteiger partial charge in [-0.05, 0) is 20.4 Å². The summed E-state index contributed by atoms with van der Waals surface area (Å²) in [5.74, 6) is 1.99. The van der Waals surface area contributed by atoms with E-state index in [4.69, 9.17) is 9.97 Å². The third-order valence-electron chi connectivity index (χ3n) is 4.52. The zero-order valence-electron chi connectivity index (χ0n) is 14.1. The van der Waals surface area contributed by atoms with Gasteiger partial charge in [0.15, 0.2) is 5.82 Å². The number of hydrogen-bond donors (Lipinski definition) is 0. The second-order valence-electron chi connectivity index (χ2n) is 5.84. The van der Waals surface area contributed by atoms with Crippen LogP contribution in [0.3, 0.4) is 0 Å². The molecule has 0 unspecified atom stereocenters. The van der Waals surface area contributed by atoms with Crippen LogP contribution in [-0.2, 0) is 13.0 Å². The summed E-state index contributed by atoms with van der Waals surface area (Å²) in [4.78, 5) is 14.5. The Morgan fingerprint density at radius 3 is 2.27 bits per heavy atom. The highest BCUT2D eigenvalue weighted by Gasteiger charge is 2.23. The van der Waals surface area contributed by atoms with E-state index in [1.807, 2.05) is 11.6 Å². The number of fused-ring (bicyclic) bond motifs is 1. The molecule has 0 atom stereocenters. The Balaban J connectivity index is 2.07. The van der Waals surface area contributed by atoms with Crippen molar-refractivity contribution < 1.29 is 0 Å². The smallest absolute Gasteiger partial charge is 0.158 e. The maximum absolute atomic E-state index is 4.85. The fourth-order valence-corrected chi connectivity index (χ4v) is 3.14. The lowest BCUT2D eigenvalue weighted by Crippen LogP contribution is -2.46. The molecule has 1 fully saturated rings. The molecule has 0 bridgehead atoms. The maximum atomic E-state index is 4.85. The van der Waals surface area contributed by atoms with Gasteiger partial charge in [0, 0.05) is 39.1 Å². The van der Waals surface area contributed by atoms with Gasteiger partial charge in [-0.1, -0.05) is 13.8 Å². The summed E-state index contributed by atoms with van der Waals surface area (Å²) in [6, 6.07) is 0. The fraction of sp³-hybridized carbons (Fsp3) is 0.688. The molecule has 2 aromatic rings. The van der Waals surface area contributed by atoms with Crippen molar-refractivity contribution in [3.05, 3.63) is 11.5 Å². The molecule has 0 amide bonds. The van der Waals surface area contributed by atoms with Crippen molar-refractivity contribution in [3.63, 3.8) is 0 Å². The molecule has 3 heterocycles. The van der Waals surface area contributed by atoms with Gasteiger partial charge in [0.25, 0.3) is 0 Å². The van der Waals surface area contributed by atoms with Crippen molar-refractivity contribution in [2.45, 2.75) is 40.7 Å². The van der Waals surface area contributed by atoms with Crippen LogP contribution in [-0.4, -0.2) is 57.4 Å². The minimum atomic E-state index is 0.848. The van der Waals surface area contributed by atoms with E-state index in [2.05, 4.69) is 35.7 Å². The second kappa shape index (κ2) is 6.20. The van der Waals surface area contributed by atoms with Gasteiger partial charge in [0.1, 0.15) is 16.9 Å². The van der Waals surface area contributed by atoms with Crippen LogP contribution < -0.4 is 4.90 Å². The average Bonchev–Trinajstić information content (AvgIpc) is 2.90. The molecule has 6 heteroatoms. The van der Waals surface area contributed by atoms with Gasteiger partial charge < -0.3 is 9.80 Å². The van der Waals surface area contributed by atoms with Crippen LogP contribution in [0.4, 0.5) is 5.82 Å². The van der Waals surface area contributed by atoms with Crippen molar-refractivity contribution in [2.24, 2.45) is 0 Å². The lowest BCUT2D eigenvalue weighted by molar-refractivity contribution is 0.270. The summed E-state index contributed by atoms with van der Waals surface area (Å²) in [7, 11) is 0. The first-order valence-electron chi connectivity index (χ1n) is 8.39. The zero-order valence-corrected chi connectivity index (χ0v) is 14.1. The van der Waals surface area contributed by atoms with Crippen molar-refractivity contribution in [1.29, 1.82) is 0 Å². The molecule has 1 aliphatic rings. The van der Waals surface area contributed by atoms with Crippen molar-refractivity contribution >= 4 is 16.9 Å². The number of aromatic nitrogens is 4. The van der Waals surface area contributed by atoms with Crippen LogP contribution in [0.15, 0.2) is 0 Å². The van der Waals surface area contributed by atoms with Gasteiger partial charge in [-0.15, -0.1) is 0 Å².